The van der Waals surface area contributed by atoms with Crippen molar-refractivity contribution >= 4 is 18.0 Å². The number of carbonyl (C=O) groups excluding carboxylic acids is 2. The third kappa shape index (κ3) is 3.84. The number of benzene rings is 1. The van der Waals surface area contributed by atoms with Crippen LogP contribution in [0.15, 0.2) is 30.3 Å². The third-order valence-corrected chi connectivity index (χ3v) is 4.42. The quantitative estimate of drug-likeness (QED) is 0.793. The number of esters is 1. The molecule has 1 fully saturated rings. The van der Waals surface area contributed by atoms with Gasteiger partial charge in [-0.05, 0) is 18.4 Å². The molecule has 0 bridgehead atoms. The number of rotatable bonds is 5. The van der Waals surface area contributed by atoms with Crippen LogP contribution in [0.2, 0.25) is 0 Å². The molecule has 0 atom stereocenters. The summed E-state index contributed by atoms with van der Waals surface area (Å²) in [6.45, 7) is 0.900. The molecule has 2 N–H and O–H groups in total. The molecule has 2 amide bonds. The molecular weight excluding hydrogens is 312 g/mol. The van der Waals surface area contributed by atoms with Gasteiger partial charge in [0.25, 0.3) is 0 Å². The van der Waals surface area contributed by atoms with Gasteiger partial charge >= 0.3 is 18.0 Å². The van der Waals surface area contributed by atoms with Gasteiger partial charge in [0, 0.05) is 19.6 Å². The van der Waals surface area contributed by atoms with Crippen molar-refractivity contribution in [3.05, 3.63) is 35.9 Å². The number of amides is 2. The highest BCUT2D eigenvalue weighted by molar-refractivity contribution is 5.84. The van der Waals surface area contributed by atoms with Crippen LogP contribution in [-0.4, -0.2) is 54.7 Å². The number of nitrogens with zero attached hydrogens (tertiary/aromatic N) is 1. The molecule has 7 nitrogen and oxygen atoms in total. The number of aliphatic carboxylic acids is 1. The van der Waals surface area contributed by atoms with Gasteiger partial charge < -0.3 is 20.1 Å². The number of carboxylic acid groups (broad SMARTS) is 1. The molecule has 0 saturated carbocycles. The molecule has 0 unspecified atom stereocenters. The summed E-state index contributed by atoms with van der Waals surface area (Å²) >= 11 is 0. The van der Waals surface area contributed by atoms with Crippen molar-refractivity contribution in [3.63, 3.8) is 0 Å². The van der Waals surface area contributed by atoms with Crippen LogP contribution in [0.4, 0.5) is 4.79 Å². The second-order valence-corrected chi connectivity index (χ2v) is 5.80. The van der Waals surface area contributed by atoms with E-state index >= 15 is 0 Å². The standard InChI is InChI=1S/C17H22N2O5/c1-24-15(22)17(13-5-3-2-4-6-13)8-11-19(12-9-17)16(23)18-10-7-14(20)21/h2-6H,7-12H2,1H3,(H,18,23)(H,20,21). The fourth-order valence-electron chi connectivity index (χ4n) is 3.04. The first-order valence-electron chi connectivity index (χ1n) is 7.88. The molecule has 130 valence electrons. The lowest BCUT2D eigenvalue weighted by Crippen LogP contribution is -2.52. The van der Waals surface area contributed by atoms with E-state index in [0.717, 1.165) is 5.56 Å². The molecule has 1 aliphatic heterocycles. The van der Waals surface area contributed by atoms with Gasteiger partial charge in [-0.25, -0.2) is 4.79 Å². The SMILES string of the molecule is COC(=O)C1(c2ccccc2)CCN(C(=O)NCCC(=O)O)CC1. The molecule has 2 rings (SSSR count). The Morgan fingerprint density at radius 3 is 2.38 bits per heavy atom. The zero-order chi connectivity index (χ0) is 17.6. The number of carbonyl (C=O) groups is 3. The maximum absolute atomic E-state index is 12.4. The van der Waals surface area contributed by atoms with Crippen LogP contribution in [0, 0.1) is 0 Å². The van der Waals surface area contributed by atoms with Gasteiger partial charge in [-0.1, -0.05) is 30.3 Å². The Morgan fingerprint density at radius 1 is 1.21 bits per heavy atom. The number of urea groups is 1. The molecule has 7 heteroatoms. The summed E-state index contributed by atoms with van der Waals surface area (Å²) in [5.41, 5.74) is 0.149. The molecule has 1 aromatic carbocycles. The van der Waals surface area contributed by atoms with Crippen molar-refractivity contribution < 1.29 is 24.2 Å². The van der Waals surface area contributed by atoms with Crippen molar-refractivity contribution in [2.75, 3.05) is 26.7 Å². The molecule has 1 saturated heterocycles. The van der Waals surface area contributed by atoms with Crippen LogP contribution in [-0.2, 0) is 19.7 Å². The van der Waals surface area contributed by atoms with Gasteiger partial charge in [0.1, 0.15) is 0 Å². The average molecular weight is 334 g/mol. The predicted molar refractivity (Wildman–Crippen MR) is 86.6 cm³/mol. The second-order valence-electron chi connectivity index (χ2n) is 5.80. The zero-order valence-corrected chi connectivity index (χ0v) is 13.7. The number of hydrogen-bond acceptors (Lipinski definition) is 4. The largest absolute Gasteiger partial charge is 0.481 e. The van der Waals surface area contributed by atoms with Crippen molar-refractivity contribution in [3.8, 4) is 0 Å². The van der Waals surface area contributed by atoms with Gasteiger partial charge in [-0.3, -0.25) is 9.59 Å². The number of methoxy groups -OCH3 is 1. The van der Waals surface area contributed by atoms with Crippen molar-refractivity contribution in [1.82, 2.24) is 10.2 Å². The van der Waals surface area contributed by atoms with E-state index < -0.39 is 11.4 Å². The molecule has 1 aromatic rings. The molecule has 0 aliphatic carbocycles. The fourth-order valence-corrected chi connectivity index (χ4v) is 3.04. The van der Waals surface area contributed by atoms with Crippen LogP contribution in [0.5, 0.6) is 0 Å². The van der Waals surface area contributed by atoms with Gasteiger partial charge in [-0.2, -0.15) is 0 Å². The number of hydrogen-bond donors (Lipinski definition) is 2. The normalized spacial score (nSPS) is 16.3. The Labute approximate surface area is 140 Å². The van der Waals surface area contributed by atoms with Crippen molar-refractivity contribution in [1.29, 1.82) is 0 Å². The van der Waals surface area contributed by atoms with E-state index in [1.165, 1.54) is 7.11 Å². The average Bonchev–Trinajstić information content (AvgIpc) is 2.61. The maximum Gasteiger partial charge on any atom is 0.317 e. The first kappa shape index (κ1) is 17.8. The highest BCUT2D eigenvalue weighted by Gasteiger charge is 2.44. The number of carboxylic acids is 1. The topological polar surface area (TPSA) is 95.9 Å². The number of ether oxygens (including phenoxy) is 1. The third-order valence-electron chi connectivity index (χ3n) is 4.42. The van der Waals surface area contributed by atoms with E-state index in [4.69, 9.17) is 9.84 Å². The summed E-state index contributed by atoms with van der Waals surface area (Å²) < 4.78 is 5.01. The zero-order valence-electron chi connectivity index (χ0n) is 13.7. The smallest absolute Gasteiger partial charge is 0.317 e. The van der Waals surface area contributed by atoms with E-state index in [2.05, 4.69) is 5.32 Å². The summed E-state index contributed by atoms with van der Waals surface area (Å²) in [6.07, 6.45) is 0.821. The molecule has 0 spiro atoms. The van der Waals surface area contributed by atoms with E-state index in [9.17, 15) is 14.4 Å². The van der Waals surface area contributed by atoms with Crippen molar-refractivity contribution in [2.24, 2.45) is 0 Å². The predicted octanol–water partition coefficient (Wildman–Crippen LogP) is 1.38. The Hall–Kier alpha value is -2.57. The fraction of sp³-hybridized carbons (Fsp3) is 0.471. The van der Waals surface area contributed by atoms with Gasteiger partial charge in [0.2, 0.25) is 0 Å². The highest BCUT2D eigenvalue weighted by atomic mass is 16.5. The Kier molecular flexibility index (Phi) is 5.78. The number of likely N-dealkylation sites (tertiary alicyclic amines) is 1. The molecule has 1 aliphatic rings. The minimum absolute atomic E-state index is 0.0888. The highest BCUT2D eigenvalue weighted by Crippen LogP contribution is 2.36. The molecular formula is C17H22N2O5. The molecule has 0 radical (unpaired) electrons. The van der Waals surface area contributed by atoms with Gasteiger partial charge in [0.05, 0.1) is 18.9 Å². The molecule has 24 heavy (non-hydrogen) atoms. The van der Waals surface area contributed by atoms with Crippen LogP contribution >= 0.6 is 0 Å². The first-order valence-corrected chi connectivity index (χ1v) is 7.88. The second kappa shape index (κ2) is 7.81. The lowest BCUT2D eigenvalue weighted by molar-refractivity contribution is -0.149. The number of piperidine rings is 1. The van der Waals surface area contributed by atoms with Gasteiger partial charge in [-0.15, -0.1) is 0 Å². The van der Waals surface area contributed by atoms with Crippen LogP contribution in [0.1, 0.15) is 24.8 Å². The Morgan fingerprint density at radius 2 is 1.83 bits per heavy atom. The van der Waals surface area contributed by atoms with Crippen LogP contribution in [0.3, 0.4) is 0 Å². The maximum atomic E-state index is 12.4. The van der Waals surface area contributed by atoms with E-state index in [1.54, 1.807) is 4.90 Å². The van der Waals surface area contributed by atoms with Gasteiger partial charge in [0.15, 0.2) is 0 Å². The van der Waals surface area contributed by atoms with E-state index in [0.29, 0.717) is 25.9 Å². The summed E-state index contributed by atoms with van der Waals surface area (Å²) in [4.78, 5) is 36.6. The first-order chi connectivity index (χ1) is 11.5. The number of nitrogens with one attached hydrogen (secondary N) is 1. The van der Waals surface area contributed by atoms with E-state index in [-0.39, 0.29) is 25.0 Å². The summed E-state index contributed by atoms with van der Waals surface area (Å²) in [5, 5.41) is 11.2. The summed E-state index contributed by atoms with van der Waals surface area (Å²) in [7, 11) is 1.37. The molecule has 0 aromatic heterocycles. The van der Waals surface area contributed by atoms with E-state index in [1.807, 2.05) is 30.3 Å². The minimum Gasteiger partial charge on any atom is -0.481 e. The lowest BCUT2D eigenvalue weighted by Gasteiger charge is -2.40. The summed E-state index contributed by atoms with van der Waals surface area (Å²) in [6, 6.07) is 9.15. The monoisotopic (exact) mass is 334 g/mol. The van der Waals surface area contributed by atoms with Crippen LogP contribution in [0.25, 0.3) is 0 Å². The molecule has 1 heterocycles. The summed E-state index contributed by atoms with van der Waals surface area (Å²) in [5.74, 6) is -1.25. The minimum atomic E-state index is -0.956. The van der Waals surface area contributed by atoms with Crippen molar-refractivity contribution in [2.45, 2.75) is 24.7 Å². The lowest BCUT2D eigenvalue weighted by atomic mass is 9.73. The Balaban J connectivity index is 2.03. The van der Waals surface area contributed by atoms with Crippen LogP contribution < -0.4 is 5.32 Å². The Bertz CT molecular complexity index is 594.